The Morgan fingerprint density at radius 3 is 2.76 bits per heavy atom. The lowest BCUT2D eigenvalue weighted by atomic mass is 10.0. The van der Waals surface area contributed by atoms with E-state index < -0.39 is 0 Å². The minimum atomic E-state index is -0.204. The molecule has 0 aliphatic carbocycles. The third kappa shape index (κ3) is 4.17. The molecule has 2 aromatic carbocycles. The fourth-order valence-electron chi connectivity index (χ4n) is 3.13. The molecule has 1 fully saturated rings. The molecule has 1 N–H and O–H groups in total. The molecule has 1 aliphatic rings. The van der Waals surface area contributed by atoms with Crippen LogP contribution in [0.2, 0.25) is 0 Å². The molecule has 1 heterocycles. The van der Waals surface area contributed by atoms with Crippen LogP contribution >= 0.6 is 0 Å². The number of guanidine groups is 1. The maximum Gasteiger partial charge on any atom is 0.194 e. The Hall–Kier alpha value is -2.40. The second-order valence-electron chi connectivity index (χ2n) is 6.15. The fourth-order valence-corrected chi connectivity index (χ4v) is 3.13. The zero-order chi connectivity index (χ0) is 17.6. The van der Waals surface area contributed by atoms with Crippen LogP contribution in [0.4, 0.5) is 4.39 Å². The van der Waals surface area contributed by atoms with Crippen LogP contribution in [0.25, 0.3) is 0 Å². The average Bonchev–Trinajstić information content (AvgIpc) is 2.64. The molecule has 1 unspecified atom stereocenters. The molecule has 0 bridgehead atoms. The SMILES string of the molecule is CN=C(NCc1ccccc1F)N1CCOC(c2ccccc2C)C1. The maximum atomic E-state index is 13.8. The van der Waals surface area contributed by atoms with Crippen LogP contribution in [0.15, 0.2) is 53.5 Å². The Labute approximate surface area is 148 Å². The summed E-state index contributed by atoms with van der Waals surface area (Å²) in [7, 11) is 1.75. The molecule has 0 saturated carbocycles. The van der Waals surface area contributed by atoms with Crippen molar-refractivity contribution in [1.82, 2.24) is 10.2 Å². The first-order chi connectivity index (χ1) is 12.2. The molecule has 25 heavy (non-hydrogen) atoms. The number of hydrogen-bond acceptors (Lipinski definition) is 2. The van der Waals surface area contributed by atoms with Crippen LogP contribution < -0.4 is 5.32 Å². The van der Waals surface area contributed by atoms with E-state index in [9.17, 15) is 4.39 Å². The highest BCUT2D eigenvalue weighted by molar-refractivity contribution is 5.80. The van der Waals surface area contributed by atoms with Gasteiger partial charge in [-0.05, 0) is 24.1 Å². The number of hydrogen-bond donors (Lipinski definition) is 1. The van der Waals surface area contributed by atoms with Gasteiger partial charge in [-0.15, -0.1) is 0 Å². The van der Waals surface area contributed by atoms with Crippen molar-refractivity contribution in [2.24, 2.45) is 4.99 Å². The third-order valence-corrected chi connectivity index (χ3v) is 4.51. The monoisotopic (exact) mass is 341 g/mol. The number of aryl methyl sites for hydroxylation is 1. The normalized spacial score (nSPS) is 18.3. The van der Waals surface area contributed by atoms with Crippen molar-refractivity contribution in [1.29, 1.82) is 0 Å². The second kappa shape index (κ2) is 8.12. The standard InChI is InChI=1S/C20H24FN3O/c1-15-7-3-5-9-17(15)19-14-24(11-12-25-19)20(22-2)23-13-16-8-4-6-10-18(16)21/h3-10,19H,11-14H2,1-2H3,(H,22,23). The lowest BCUT2D eigenvalue weighted by Crippen LogP contribution is -2.48. The van der Waals surface area contributed by atoms with E-state index in [0.717, 1.165) is 19.0 Å². The summed E-state index contributed by atoms with van der Waals surface area (Å²) in [5.41, 5.74) is 3.06. The van der Waals surface area contributed by atoms with E-state index in [1.54, 1.807) is 19.2 Å². The number of morpholine rings is 1. The van der Waals surface area contributed by atoms with Crippen molar-refractivity contribution in [2.75, 3.05) is 26.7 Å². The molecule has 1 aliphatic heterocycles. The zero-order valence-corrected chi connectivity index (χ0v) is 14.7. The van der Waals surface area contributed by atoms with Gasteiger partial charge in [0.05, 0.1) is 13.2 Å². The van der Waals surface area contributed by atoms with E-state index in [1.807, 2.05) is 18.2 Å². The Morgan fingerprint density at radius 2 is 2.00 bits per heavy atom. The molecule has 0 amide bonds. The highest BCUT2D eigenvalue weighted by Gasteiger charge is 2.25. The van der Waals surface area contributed by atoms with E-state index in [-0.39, 0.29) is 11.9 Å². The third-order valence-electron chi connectivity index (χ3n) is 4.51. The molecule has 2 aromatic rings. The molecule has 1 saturated heterocycles. The Balaban J connectivity index is 1.67. The minimum absolute atomic E-state index is 0.0157. The predicted octanol–water partition coefficient (Wildman–Crippen LogP) is 3.28. The number of aliphatic imine (C=N–C) groups is 1. The highest BCUT2D eigenvalue weighted by Crippen LogP contribution is 2.25. The lowest BCUT2D eigenvalue weighted by Gasteiger charge is -2.35. The van der Waals surface area contributed by atoms with Crippen LogP contribution in [0.3, 0.4) is 0 Å². The summed E-state index contributed by atoms with van der Waals surface area (Å²) in [5, 5.41) is 3.26. The zero-order valence-electron chi connectivity index (χ0n) is 14.7. The van der Waals surface area contributed by atoms with Gasteiger partial charge < -0.3 is 15.0 Å². The smallest absolute Gasteiger partial charge is 0.194 e. The molecule has 3 rings (SSSR count). The van der Waals surface area contributed by atoms with Crippen molar-refractivity contribution in [3.63, 3.8) is 0 Å². The molecule has 0 radical (unpaired) electrons. The van der Waals surface area contributed by atoms with Gasteiger partial charge in [0.15, 0.2) is 5.96 Å². The summed E-state index contributed by atoms with van der Waals surface area (Å²) in [5.74, 6) is 0.565. The molecule has 5 heteroatoms. The maximum absolute atomic E-state index is 13.8. The Kier molecular flexibility index (Phi) is 5.66. The van der Waals surface area contributed by atoms with Gasteiger partial charge in [0.2, 0.25) is 0 Å². The molecular weight excluding hydrogens is 317 g/mol. The summed E-state index contributed by atoms with van der Waals surface area (Å²) in [6, 6.07) is 15.1. The largest absolute Gasteiger partial charge is 0.370 e. The average molecular weight is 341 g/mol. The molecule has 0 spiro atoms. The topological polar surface area (TPSA) is 36.9 Å². The van der Waals surface area contributed by atoms with Crippen molar-refractivity contribution >= 4 is 5.96 Å². The van der Waals surface area contributed by atoms with Crippen LogP contribution in [0.5, 0.6) is 0 Å². The quantitative estimate of drug-likeness (QED) is 0.688. The minimum Gasteiger partial charge on any atom is -0.370 e. The molecule has 1 atom stereocenters. The number of nitrogens with zero attached hydrogens (tertiary/aromatic N) is 2. The van der Waals surface area contributed by atoms with Gasteiger partial charge in [0.25, 0.3) is 0 Å². The van der Waals surface area contributed by atoms with Crippen molar-refractivity contribution in [3.05, 3.63) is 71.0 Å². The Morgan fingerprint density at radius 1 is 1.24 bits per heavy atom. The van der Waals surface area contributed by atoms with Gasteiger partial charge in [0, 0.05) is 25.7 Å². The molecule has 0 aromatic heterocycles. The highest BCUT2D eigenvalue weighted by atomic mass is 19.1. The summed E-state index contributed by atoms with van der Waals surface area (Å²) in [6.45, 7) is 4.63. The number of halogens is 1. The van der Waals surface area contributed by atoms with Crippen LogP contribution in [0, 0.1) is 12.7 Å². The number of benzene rings is 2. The van der Waals surface area contributed by atoms with Crippen LogP contribution in [-0.4, -0.2) is 37.6 Å². The summed E-state index contributed by atoms with van der Waals surface area (Å²) >= 11 is 0. The summed E-state index contributed by atoms with van der Waals surface area (Å²) < 4.78 is 19.8. The van der Waals surface area contributed by atoms with Crippen molar-refractivity contribution in [2.45, 2.75) is 19.6 Å². The van der Waals surface area contributed by atoms with Crippen molar-refractivity contribution < 1.29 is 9.13 Å². The predicted molar refractivity (Wildman–Crippen MR) is 98.0 cm³/mol. The van der Waals surface area contributed by atoms with E-state index in [0.29, 0.717) is 18.7 Å². The lowest BCUT2D eigenvalue weighted by molar-refractivity contribution is -0.00834. The molecular formula is C20H24FN3O. The Bertz CT molecular complexity index is 747. The van der Waals surface area contributed by atoms with Gasteiger partial charge in [-0.1, -0.05) is 42.5 Å². The van der Waals surface area contributed by atoms with E-state index in [1.165, 1.54) is 17.2 Å². The van der Waals surface area contributed by atoms with Gasteiger partial charge in [-0.25, -0.2) is 4.39 Å². The number of nitrogens with one attached hydrogen (secondary N) is 1. The number of rotatable bonds is 3. The van der Waals surface area contributed by atoms with Gasteiger partial charge in [-0.3, -0.25) is 4.99 Å². The first kappa shape index (κ1) is 17.4. The van der Waals surface area contributed by atoms with E-state index in [2.05, 4.69) is 34.3 Å². The first-order valence-electron chi connectivity index (χ1n) is 8.55. The van der Waals surface area contributed by atoms with Gasteiger partial charge in [-0.2, -0.15) is 0 Å². The number of ether oxygens (including phenoxy) is 1. The summed E-state index contributed by atoms with van der Waals surface area (Å²) in [6.07, 6.45) is 0.0157. The van der Waals surface area contributed by atoms with E-state index >= 15 is 0 Å². The van der Waals surface area contributed by atoms with E-state index in [4.69, 9.17) is 4.74 Å². The van der Waals surface area contributed by atoms with Gasteiger partial charge >= 0.3 is 0 Å². The van der Waals surface area contributed by atoms with Crippen LogP contribution in [-0.2, 0) is 11.3 Å². The fraction of sp³-hybridized carbons (Fsp3) is 0.350. The molecule has 4 nitrogen and oxygen atoms in total. The van der Waals surface area contributed by atoms with Gasteiger partial charge in [0.1, 0.15) is 11.9 Å². The van der Waals surface area contributed by atoms with Crippen molar-refractivity contribution in [3.8, 4) is 0 Å². The van der Waals surface area contributed by atoms with Crippen LogP contribution in [0.1, 0.15) is 22.8 Å². The first-order valence-corrected chi connectivity index (χ1v) is 8.55. The summed E-state index contributed by atoms with van der Waals surface area (Å²) in [4.78, 5) is 6.53. The molecule has 132 valence electrons. The second-order valence-corrected chi connectivity index (χ2v) is 6.15.